The lowest BCUT2D eigenvalue weighted by Crippen LogP contribution is -2.52. The normalized spacial score (nSPS) is 23.8. The lowest BCUT2D eigenvalue weighted by Gasteiger charge is -2.43. The summed E-state index contributed by atoms with van der Waals surface area (Å²) in [6.07, 6.45) is 0.354. The predicted molar refractivity (Wildman–Crippen MR) is 90.6 cm³/mol. The van der Waals surface area contributed by atoms with E-state index >= 15 is 0 Å². The minimum Gasteiger partial charge on any atom is -0.465 e. The van der Waals surface area contributed by atoms with Crippen molar-refractivity contribution in [3.63, 3.8) is 0 Å². The molecule has 0 bridgehead atoms. The molecule has 0 radical (unpaired) electrons. The SMILES string of the molecule is CC(C)(C)[Si](C)(C)OC1CC(COS(C)(=O)=O)CN(C(=O)O)C1. The maximum Gasteiger partial charge on any atom is 0.407 e. The third-order valence-corrected chi connectivity index (χ3v) is 9.65. The van der Waals surface area contributed by atoms with Gasteiger partial charge in [-0.25, -0.2) is 4.79 Å². The summed E-state index contributed by atoms with van der Waals surface area (Å²) in [4.78, 5) is 12.6. The van der Waals surface area contributed by atoms with Gasteiger partial charge in [0.15, 0.2) is 8.32 Å². The molecule has 1 fully saturated rings. The minimum absolute atomic E-state index is 0.0139. The van der Waals surface area contributed by atoms with Crippen LogP contribution in [0.25, 0.3) is 0 Å². The molecule has 136 valence electrons. The summed E-state index contributed by atoms with van der Waals surface area (Å²) in [5, 5.41) is 9.31. The Hall–Kier alpha value is -0.643. The van der Waals surface area contributed by atoms with Crippen molar-refractivity contribution in [1.82, 2.24) is 4.90 Å². The number of hydrogen-bond donors (Lipinski definition) is 1. The quantitative estimate of drug-likeness (QED) is 0.592. The maximum absolute atomic E-state index is 11.3. The van der Waals surface area contributed by atoms with Gasteiger partial charge in [-0.1, -0.05) is 20.8 Å². The topological polar surface area (TPSA) is 93.1 Å². The van der Waals surface area contributed by atoms with Gasteiger partial charge in [0.25, 0.3) is 10.1 Å². The lowest BCUT2D eigenvalue weighted by molar-refractivity contribution is 0.0345. The Bertz CT molecular complexity index is 528. The average Bonchev–Trinajstić information content (AvgIpc) is 2.33. The molecule has 23 heavy (non-hydrogen) atoms. The van der Waals surface area contributed by atoms with E-state index in [0.29, 0.717) is 13.0 Å². The number of amides is 1. The fraction of sp³-hybridized carbons (Fsp3) is 0.929. The van der Waals surface area contributed by atoms with E-state index in [0.717, 1.165) is 6.26 Å². The molecule has 0 saturated carbocycles. The molecule has 0 spiro atoms. The molecule has 1 N–H and O–H groups in total. The van der Waals surface area contributed by atoms with Crippen LogP contribution in [0.5, 0.6) is 0 Å². The van der Waals surface area contributed by atoms with Gasteiger partial charge in [-0.2, -0.15) is 8.42 Å². The van der Waals surface area contributed by atoms with Crippen molar-refractivity contribution in [2.45, 2.75) is 51.4 Å². The number of rotatable bonds is 5. The standard InChI is InChI=1S/C14H29NO6SSi/c1-14(2,3)23(5,6)21-12-7-11(10-20-22(4,18)19)8-15(9-12)13(16)17/h11-12H,7-10H2,1-6H3,(H,16,17). The molecular formula is C14H29NO6SSi. The summed E-state index contributed by atoms with van der Waals surface area (Å²) in [5.74, 6) is -0.190. The highest BCUT2D eigenvalue weighted by Gasteiger charge is 2.41. The summed E-state index contributed by atoms with van der Waals surface area (Å²) in [6, 6.07) is 0. The molecule has 1 amide bonds. The minimum atomic E-state index is -3.54. The molecule has 0 aliphatic carbocycles. The van der Waals surface area contributed by atoms with Crippen LogP contribution in [0.15, 0.2) is 0 Å². The first-order chi connectivity index (χ1) is 10.2. The first kappa shape index (κ1) is 20.4. The van der Waals surface area contributed by atoms with Crippen molar-refractivity contribution in [3.05, 3.63) is 0 Å². The summed E-state index contributed by atoms with van der Waals surface area (Å²) >= 11 is 0. The van der Waals surface area contributed by atoms with Crippen LogP contribution in [0.4, 0.5) is 4.79 Å². The van der Waals surface area contributed by atoms with Crippen molar-refractivity contribution in [1.29, 1.82) is 0 Å². The predicted octanol–water partition coefficient (Wildman–Crippen LogP) is 2.35. The molecule has 1 aliphatic heterocycles. The van der Waals surface area contributed by atoms with Crippen molar-refractivity contribution in [3.8, 4) is 0 Å². The lowest BCUT2D eigenvalue weighted by atomic mass is 9.97. The Kier molecular flexibility index (Phi) is 6.28. The van der Waals surface area contributed by atoms with Gasteiger partial charge < -0.3 is 14.4 Å². The van der Waals surface area contributed by atoms with Crippen molar-refractivity contribution >= 4 is 24.5 Å². The second-order valence-electron chi connectivity index (χ2n) is 7.78. The Morgan fingerprint density at radius 2 is 1.87 bits per heavy atom. The summed E-state index contributed by atoms with van der Waals surface area (Å²) in [6.45, 7) is 11.2. The smallest absolute Gasteiger partial charge is 0.407 e. The Morgan fingerprint density at radius 3 is 2.30 bits per heavy atom. The van der Waals surface area contributed by atoms with E-state index in [2.05, 4.69) is 33.9 Å². The molecule has 1 heterocycles. The average molecular weight is 368 g/mol. The number of carboxylic acid groups (broad SMARTS) is 1. The molecule has 7 nitrogen and oxygen atoms in total. The van der Waals surface area contributed by atoms with Gasteiger partial charge in [-0.3, -0.25) is 4.18 Å². The fourth-order valence-corrected chi connectivity index (χ4v) is 4.13. The number of nitrogens with zero attached hydrogens (tertiary/aromatic N) is 1. The first-order valence-corrected chi connectivity index (χ1v) is 12.4. The fourth-order valence-electron chi connectivity index (χ4n) is 2.33. The Balaban J connectivity index is 2.81. The van der Waals surface area contributed by atoms with Gasteiger partial charge in [0.1, 0.15) is 0 Å². The number of likely N-dealkylation sites (tertiary alicyclic amines) is 1. The van der Waals surface area contributed by atoms with Crippen LogP contribution < -0.4 is 0 Å². The van der Waals surface area contributed by atoms with E-state index in [-0.39, 0.29) is 30.2 Å². The second-order valence-corrected chi connectivity index (χ2v) is 14.2. The van der Waals surface area contributed by atoms with Crippen LogP contribution in [0.1, 0.15) is 27.2 Å². The van der Waals surface area contributed by atoms with Crippen LogP contribution in [-0.2, 0) is 18.7 Å². The van der Waals surface area contributed by atoms with E-state index in [4.69, 9.17) is 8.61 Å². The van der Waals surface area contributed by atoms with Crippen LogP contribution >= 0.6 is 0 Å². The van der Waals surface area contributed by atoms with E-state index in [1.165, 1.54) is 4.90 Å². The Morgan fingerprint density at radius 1 is 1.30 bits per heavy atom. The molecule has 1 saturated heterocycles. The summed E-state index contributed by atoms with van der Waals surface area (Å²) in [7, 11) is -5.56. The molecule has 9 heteroatoms. The highest BCUT2D eigenvalue weighted by Crippen LogP contribution is 2.38. The summed E-state index contributed by atoms with van der Waals surface area (Å²) in [5.41, 5.74) is 0. The third kappa shape index (κ3) is 6.40. The molecule has 1 rings (SSSR count). The highest BCUT2D eigenvalue weighted by atomic mass is 32.2. The second kappa shape index (κ2) is 7.08. The monoisotopic (exact) mass is 367 g/mol. The summed E-state index contributed by atoms with van der Waals surface area (Å²) < 4.78 is 33.5. The molecule has 2 atom stereocenters. The number of hydrogen-bond acceptors (Lipinski definition) is 5. The molecular weight excluding hydrogens is 338 g/mol. The number of piperidine rings is 1. The molecule has 1 aliphatic rings. The Labute approximate surface area is 140 Å². The third-order valence-electron chi connectivity index (χ3n) is 4.55. The van der Waals surface area contributed by atoms with Gasteiger partial charge >= 0.3 is 6.09 Å². The largest absolute Gasteiger partial charge is 0.465 e. The zero-order valence-electron chi connectivity index (χ0n) is 14.8. The van der Waals surface area contributed by atoms with Gasteiger partial charge in [0.2, 0.25) is 0 Å². The van der Waals surface area contributed by atoms with Gasteiger partial charge in [0.05, 0.1) is 19.0 Å². The van der Waals surface area contributed by atoms with Crippen LogP contribution in [0.3, 0.4) is 0 Å². The molecule has 0 aromatic carbocycles. The van der Waals surface area contributed by atoms with Crippen LogP contribution in [0.2, 0.25) is 18.1 Å². The van der Waals surface area contributed by atoms with Gasteiger partial charge in [0, 0.05) is 19.0 Å². The van der Waals surface area contributed by atoms with Crippen molar-refractivity contribution < 1.29 is 26.9 Å². The number of carbonyl (C=O) groups is 1. The van der Waals surface area contributed by atoms with E-state index < -0.39 is 24.5 Å². The van der Waals surface area contributed by atoms with E-state index in [9.17, 15) is 18.3 Å². The first-order valence-electron chi connectivity index (χ1n) is 7.71. The van der Waals surface area contributed by atoms with Crippen LogP contribution in [-0.4, -0.2) is 64.9 Å². The zero-order chi connectivity index (χ0) is 18.1. The van der Waals surface area contributed by atoms with E-state index in [1.807, 2.05) is 0 Å². The van der Waals surface area contributed by atoms with E-state index in [1.54, 1.807) is 0 Å². The zero-order valence-corrected chi connectivity index (χ0v) is 16.6. The van der Waals surface area contributed by atoms with Crippen LogP contribution in [0, 0.1) is 5.92 Å². The van der Waals surface area contributed by atoms with Crippen molar-refractivity contribution in [2.24, 2.45) is 5.92 Å². The van der Waals surface area contributed by atoms with Crippen molar-refractivity contribution in [2.75, 3.05) is 26.0 Å². The molecule has 2 unspecified atom stereocenters. The highest BCUT2D eigenvalue weighted by molar-refractivity contribution is 7.85. The maximum atomic E-state index is 11.3. The van der Waals surface area contributed by atoms with Gasteiger partial charge in [-0.15, -0.1) is 0 Å². The molecule has 0 aromatic rings. The van der Waals surface area contributed by atoms with Gasteiger partial charge in [-0.05, 0) is 24.6 Å². The molecule has 0 aromatic heterocycles.